The molecule has 1 heterocycles. The molecule has 0 saturated carbocycles. The number of methoxy groups -OCH3 is 1. The molecule has 1 N–H and O–H groups in total. The molecule has 0 aliphatic heterocycles. The number of aryl methyl sites for hydroxylation is 2. The summed E-state index contributed by atoms with van der Waals surface area (Å²) in [6.07, 6.45) is 1.64. The molecule has 0 unspecified atom stereocenters. The van der Waals surface area contributed by atoms with Crippen molar-refractivity contribution < 1.29 is 9.53 Å². The predicted octanol–water partition coefficient (Wildman–Crippen LogP) is 4.61. The number of nitrogens with zero attached hydrogens (tertiary/aromatic N) is 3. The molecule has 0 fully saturated rings. The van der Waals surface area contributed by atoms with E-state index in [1.54, 1.807) is 18.9 Å². The van der Waals surface area contributed by atoms with E-state index in [4.69, 9.17) is 16.3 Å². The van der Waals surface area contributed by atoms with Crippen LogP contribution in [0.3, 0.4) is 0 Å². The molecule has 6 nitrogen and oxygen atoms in total. The smallest absolute Gasteiger partial charge is 0.220 e. The van der Waals surface area contributed by atoms with Crippen LogP contribution >= 0.6 is 23.4 Å². The Bertz CT molecular complexity index is 974. The van der Waals surface area contributed by atoms with Gasteiger partial charge in [-0.25, -0.2) is 0 Å². The number of hydrogen-bond acceptors (Lipinski definition) is 5. The van der Waals surface area contributed by atoms with Gasteiger partial charge in [0.25, 0.3) is 0 Å². The first-order valence-corrected chi connectivity index (χ1v) is 11.6. The maximum atomic E-state index is 12.2. The molecular weight excluding hydrogens is 432 g/mol. The van der Waals surface area contributed by atoms with Gasteiger partial charge in [-0.3, -0.25) is 9.36 Å². The summed E-state index contributed by atoms with van der Waals surface area (Å²) < 4.78 is 7.01. The summed E-state index contributed by atoms with van der Waals surface area (Å²) in [6, 6.07) is 16.0. The average Bonchev–Trinajstić information content (AvgIpc) is 3.18. The number of carbonyl (C=O) groups excluding carboxylic acids is 1. The minimum atomic E-state index is -0.00406. The van der Waals surface area contributed by atoms with Crippen molar-refractivity contribution in [3.8, 4) is 5.69 Å². The largest absolute Gasteiger partial charge is 0.385 e. The van der Waals surface area contributed by atoms with Gasteiger partial charge in [0, 0.05) is 49.6 Å². The van der Waals surface area contributed by atoms with Crippen LogP contribution in [0.1, 0.15) is 29.8 Å². The van der Waals surface area contributed by atoms with Crippen molar-refractivity contribution in [1.82, 2.24) is 20.1 Å². The zero-order chi connectivity index (χ0) is 22.1. The summed E-state index contributed by atoms with van der Waals surface area (Å²) in [7, 11) is 1.65. The first-order chi connectivity index (χ1) is 15.1. The summed E-state index contributed by atoms with van der Waals surface area (Å²) in [5.41, 5.74) is 3.38. The Morgan fingerprint density at radius 1 is 1.13 bits per heavy atom. The third-order valence-corrected chi connectivity index (χ3v) is 5.95. The number of benzene rings is 2. The van der Waals surface area contributed by atoms with Crippen molar-refractivity contribution in [2.75, 3.05) is 20.3 Å². The highest BCUT2D eigenvalue weighted by molar-refractivity contribution is 7.98. The molecule has 0 aliphatic carbocycles. The number of thioether (sulfide) groups is 1. The topological polar surface area (TPSA) is 69.0 Å². The summed E-state index contributed by atoms with van der Waals surface area (Å²) >= 11 is 7.69. The number of halogens is 1. The lowest BCUT2D eigenvalue weighted by molar-refractivity contribution is -0.121. The number of rotatable bonds is 11. The van der Waals surface area contributed by atoms with Crippen molar-refractivity contribution in [2.24, 2.45) is 0 Å². The zero-order valence-corrected chi connectivity index (χ0v) is 19.4. The third kappa shape index (κ3) is 7.09. The van der Waals surface area contributed by atoms with Gasteiger partial charge in [-0.1, -0.05) is 53.2 Å². The Morgan fingerprint density at radius 2 is 1.87 bits per heavy atom. The van der Waals surface area contributed by atoms with Gasteiger partial charge >= 0.3 is 0 Å². The SMILES string of the molecule is COCCCNC(=O)CCc1nnc(SCc2ccc(C)cc2)n1-c1ccc(Cl)cc1. The van der Waals surface area contributed by atoms with E-state index in [2.05, 4.69) is 46.7 Å². The van der Waals surface area contributed by atoms with Gasteiger partial charge < -0.3 is 10.1 Å². The second kappa shape index (κ2) is 11.9. The number of carbonyl (C=O) groups is 1. The van der Waals surface area contributed by atoms with Gasteiger partial charge in [0.1, 0.15) is 5.82 Å². The zero-order valence-electron chi connectivity index (χ0n) is 17.8. The first kappa shape index (κ1) is 23.3. The molecule has 0 atom stereocenters. The predicted molar refractivity (Wildman–Crippen MR) is 125 cm³/mol. The van der Waals surface area contributed by atoms with Gasteiger partial charge in [-0.2, -0.15) is 0 Å². The maximum Gasteiger partial charge on any atom is 0.220 e. The maximum absolute atomic E-state index is 12.2. The van der Waals surface area contributed by atoms with Gasteiger partial charge in [-0.05, 0) is 43.2 Å². The third-order valence-electron chi connectivity index (χ3n) is 4.70. The lowest BCUT2D eigenvalue weighted by Gasteiger charge is -2.11. The van der Waals surface area contributed by atoms with Crippen LogP contribution in [0.25, 0.3) is 5.69 Å². The van der Waals surface area contributed by atoms with Crippen LogP contribution in [0.4, 0.5) is 0 Å². The van der Waals surface area contributed by atoms with Gasteiger partial charge in [-0.15, -0.1) is 10.2 Å². The van der Waals surface area contributed by atoms with Crippen LogP contribution < -0.4 is 5.32 Å². The molecular formula is C23H27ClN4O2S. The summed E-state index contributed by atoms with van der Waals surface area (Å²) in [4.78, 5) is 12.2. The molecule has 8 heteroatoms. The Morgan fingerprint density at radius 3 is 2.58 bits per heavy atom. The second-order valence-corrected chi connectivity index (χ2v) is 8.56. The molecule has 3 rings (SSSR count). The van der Waals surface area contributed by atoms with E-state index in [0.717, 1.165) is 28.8 Å². The highest BCUT2D eigenvalue weighted by atomic mass is 35.5. The molecule has 0 spiro atoms. The van der Waals surface area contributed by atoms with Crippen molar-refractivity contribution >= 4 is 29.3 Å². The Balaban J connectivity index is 1.71. The van der Waals surface area contributed by atoms with Gasteiger partial charge in [0.05, 0.1) is 0 Å². The number of ether oxygens (including phenoxy) is 1. The van der Waals surface area contributed by atoms with Crippen LogP contribution in [0.15, 0.2) is 53.7 Å². The molecule has 0 radical (unpaired) electrons. The standard InChI is InChI=1S/C23H27ClN4O2S/c1-17-4-6-18(7-5-17)16-31-23-27-26-21(12-13-22(29)25-14-3-15-30-2)28(23)20-10-8-19(24)9-11-20/h4-11H,3,12-16H2,1-2H3,(H,25,29). The Kier molecular flexibility index (Phi) is 8.94. The normalized spacial score (nSPS) is 10.9. The highest BCUT2D eigenvalue weighted by Gasteiger charge is 2.16. The van der Waals surface area contributed by atoms with E-state index in [1.165, 1.54) is 11.1 Å². The fourth-order valence-electron chi connectivity index (χ4n) is 3.00. The number of aromatic nitrogens is 3. The molecule has 2 aromatic carbocycles. The summed E-state index contributed by atoms with van der Waals surface area (Å²) in [6.45, 7) is 3.31. The Labute approximate surface area is 192 Å². The van der Waals surface area contributed by atoms with Crippen molar-refractivity contribution in [2.45, 2.75) is 37.1 Å². The monoisotopic (exact) mass is 458 g/mol. The highest BCUT2D eigenvalue weighted by Crippen LogP contribution is 2.26. The van der Waals surface area contributed by atoms with Crippen molar-refractivity contribution in [1.29, 1.82) is 0 Å². The Hall–Kier alpha value is -2.35. The summed E-state index contributed by atoms with van der Waals surface area (Å²) in [5.74, 6) is 1.53. The van der Waals surface area contributed by atoms with Crippen molar-refractivity contribution in [3.05, 3.63) is 70.5 Å². The second-order valence-electron chi connectivity index (χ2n) is 7.18. The van der Waals surface area contributed by atoms with Crippen LogP contribution in [0, 0.1) is 6.92 Å². The minimum Gasteiger partial charge on any atom is -0.385 e. The lowest BCUT2D eigenvalue weighted by atomic mass is 10.2. The molecule has 0 bridgehead atoms. The van der Waals surface area contributed by atoms with E-state index in [0.29, 0.717) is 31.0 Å². The van der Waals surface area contributed by atoms with Crippen LogP contribution in [0.5, 0.6) is 0 Å². The molecule has 3 aromatic rings. The molecule has 0 saturated heterocycles. The number of hydrogen-bond donors (Lipinski definition) is 1. The van der Waals surface area contributed by atoms with Crippen molar-refractivity contribution in [3.63, 3.8) is 0 Å². The van der Waals surface area contributed by atoms with E-state index in [1.807, 2.05) is 28.8 Å². The first-order valence-electron chi connectivity index (χ1n) is 10.2. The average molecular weight is 459 g/mol. The fourth-order valence-corrected chi connectivity index (χ4v) is 4.05. The lowest BCUT2D eigenvalue weighted by Crippen LogP contribution is -2.25. The molecule has 1 amide bonds. The molecule has 31 heavy (non-hydrogen) atoms. The molecule has 164 valence electrons. The fraction of sp³-hybridized carbons (Fsp3) is 0.348. The number of nitrogens with one attached hydrogen (secondary N) is 1. The van der Waals surface area contributed by atoms with Crippen LogP contribution in [-0.2, 0) is 21.7 Å². The van der Waals surface area contributed by atoms with Gasteiger partial charge in [0.2, 0.25) is 5.91 Å². The van der Waals surface area contributed by atoms with E-state index in [-0.39, 0.29) is 5.91 Å². The van der Waals surface area contributed by atoms with Crippen LogP contribution in [0.2, 0.25) is 5.02 Å². The molecule has 0 aliphatic rings. The quantitative estimate of drug-likeness (QED) is 0.335. The van der Waals surface area contributed by atoms with E-state index in [9.17, 15) is 4.79 Å². The van der Waals surface area contributed by atoms with Crippen LogP contribution in [-0.4, -0.2) is 40.9 Å². The van der Waals surface area contributed by atoms with Gasteiger partial charge in [0.15, 0.2) is 5.16 Å². The minimum absolute atomic E-state index is 0.00406. The van der Waals surface area contributed by atoms with E-state index < -0.39 is 0 Å². The summed E-state index contributed by atoms with van der Waals surface area (Å²) in [5, 5.41) is 13.2. The number of amides is 1. The molecule has 1 aromatic heterocycles. The van der Waals surface area contributed by atoms with E-state index >= 15 is 0 Å².